The summed E-state index contributed by atoms with van der Waals surface area (Å²) in [6.07, 6.45) is 5.17. The van der Waals surface area contributed by atoms with Gasteiger partial charge in [0.15, 0.2) is 0 Å². The van der Waals surface area contributed by atoms with Crippen LogP contribution in [-0.4, -0.2) is 32.5 Å². The molecule has 2 unspecified atom stereocenters. The van der Waals surface area contributed by atoms with E-state index in [1.165, 1.54) is 0 Å². The van der Waals surface area contributed by atoms with Crippen LogP contribution in [0.2, 0.25) is 0 Å². The first-order valence-corrected chi connectivity index (χ1v) is 10.2. The van der Waals surface area contributed by atoms with Crippen molar-refractivity contribution in [1.82, 2.24) is 10.0 Å². The van der Waals surface area contributed by atoms with Gasteiger partial charge < -0.3 is 5.32 Å². The quantitative estimate of drug-likeness (QED) is 0.807. The third-order valence-electron chi connectivity index (χ3n) is 3.85. The molecule has 118 valence electrons. The molecule has 1 saturated carbocycles. The molecular formula is C15H24N2O2S2. The summed E-state index contributed by atoms with van der Waals surface area (Å²) in [7, 11) is -3.43. The van der Waals surface area contributed by atoms with Gasteiger partial charge in [-0.2, -0.15) is 11.8 Å². The Balaban J connectivity index is 2.11. The Morgan fingerprint density at radius 2 is 2.14 bits per heavy atom. The van der Waals surface area contributed by atoms with E-state index in [1.54, 1.807) is 23.9 Å². The summed E-state index contributed by atoms with van der Waals surface area (Å²) >= 11 is 1.75. The Labute approximate surface area is 132 Å². The van der Waals surface area contributed by atoms with Crippen molar-refractivity contribution < 1.29 is 8.42 Å². The molecule has 1 fully saturated rings. The summed E-state index contributed by atoms with van der Waals surface area (Å²) in [4.78, 5) is 0.365. The molecular weight excluding hydrogens is 304 g/mol. The van der Waals surface area contributed by atoms with Crippen LogP contribution in [0.25, 0.3) is 0 Å². The van der Waals surface area contributed by atoms with Crippen molar-refractivity contribution in [1.29, 1.82) is 0 Å². The van der Waals surface area contributed by atoms with E-state index in [9.17, 15) is 8.42 Å². The van der Waals surface area contributed by atoms with E-state index >= 15 is 0 Å². The zero-order chi connectivity index (χ0) is 15.3. The highest BCUT2D eigenvalue weighted by molar-refractivity contribution is 7.99. The molecule has 21 heavy (non-hydrogen) atoms. The minimum Gasteiger partial charge on any atom is -0.313 e. The van der Waals surface area contributed by atoms with Crippen LogP contribution in [0.3, 0.4) is 0 Å². The van der Waals surface area contributed by atoms with Gasteiger partial charge in [-0.05, 0) is 43.3 Å². The van der Waals surface area contributed by atoms with Gasteiger partial charge in [-0.15, -0.1) is 0 Å². The maximum atomic E-state index is 12.5. The zero-order valence-electron chi connectivity index (χ0n) is 12.6. The molecule has 1 aliphatic carbocycles. The number of nitrogens with one attached hydrogen (secondary N) is 2. The first-order chi connectivity index (χ1) is 10.1. The second-order valence-corrected chi connectivity index (χ2v) is 8.15. The first-order valence-electron chi connectivity index (χ1n) is 7.41. The standard InChI is InChI=1S/C15H24N2O2S2/c1-3-16-11-12-6-4-7-13(10-12)21(18,19)17-14-8-5-9-15(14)20-2/h4,6-7,10,14-17H,3,5,8-9,11H2,1-2H3. The zero-order valence-corrected chi connectivity index (χ0v) is 14.3. The highest BCUT2D eigenvalue weighted by atomic mass is 32.2. The van der Waals surface area contributed by atoms with Crippen molar-refractivity contribution >= 4 is 21.8 Å². The molecule has 1 aromatic rings. The second-order valence-electron chi connectivity index (χ2n) is 5.36. The molecule has 0 amide bonds. The van der Waals surface area contributed by atoms with E-state index in [2.05, 4.69) is 10.0 Å². The van der Waals surface area contributed by atoms with E-state index in [0.717, 1.165) is 31.4 Å². The van der Waals surface area contributed by atoms with Crippen molar-refractivity contribution in [2.24, 2.45) is 0 Å². The van der Waals surface area contributed by atoms with Gasteiger partial charge in [0.1, 0.15) is 0 Å². The van der Waals surface area contributed by atoms with Gasteiger partial charge in [-0.1, -0.05) is 25.5 Å². The highest BCUT2D eigenvalue weighted by Gasteiger charge is 2.30. The first kappa shape index (κ1) is 16.8. The van der Waals surface area contributed by atoms with E-state index in [0.29, 0.717) is 16.7 Å². The fraction of sp³-hybridized carbons (Fsp3) is 0.600. The third-order valence-corrected chi connectivity index (χ3v) is 6.51. The Hall–Kier alpha value is -0.560. The topological polar surface area (TPSA) is 58.2 Å². The second kappa shape index (κ2) is 7.63. The molecule has 2 N–H and O–H groups in total. The van der Waals surface area contributed by atoms with Gasteiger partial charge in [0.2, 0.25) is 10.0 Å². The molecule has 0 saturated heterocycles. The maximum Gasteiger partial charge on any atom is 0.240 e. The molecule has 0 radical (unpaired) electrons. The van der Waals surface area contributed by atoms with Crippen molar-refractivity contribution in [2.75, 3.05) is 12.8 Å². The van der Waals surface area contributed by atoms with Crippen LogP contribution >= 0.6 is 11.8 Å². The lowest BCUT2D eigenvalue weighted by atomic mass is 10.2. The van der Waals surface area contributed by atoms with Gasteiger partial charge >= 0.3 is 0 Å². The minimum atomic E-state index is -3.43. The summed E-state index contributed by atoms with van der Waals surface area (Å²) in [5, 5.41) is 3.61. The summed E-state index contributed by atoms with van der Waals surface area (Å²) in [5.41, 5.74) is 0.993. The van der Waals surface area contributed by atoms with Crippen LogP contribution in [0.5, 0.6) is 0 Å². The molecule has 6 heteroatoms. The lowest BCUT2D eigenvalue weighted by Crippen LogP contribution is -2.38. The Morgan fingerprint density at radius 1 is 1.33 bits per heavy atom. The predicted octanol–water partition coefficient (Wildman–Crippen LogP) is 2.36. The average Bonchev–Trinajstić information content (AvgIpc) is 2.92. The number of hydrogen-bond donors (Lipinski definition) is 2. The number of sulfonamides is 1. The predicted molar refractivity (Wildman–Crippen MR) is 89.1 cm³/mol. The normalized spacial score (nSPS) is 22.6. The van der Waals surface area contributed by atoms with Gasteiger partial charge in [0, 0.05) is 17.8 Å². The smallest absolute Gasteiger partial charge is 0.240 e. The van der Waals surface area contributed by atoms with Crippen LogP contribution in [0.4, 0.5) is 0 Å². The van der Waals surface area contributed by atoms with Gasteiger partial charge in [0.25, 0.3) is 0 Å². The molecule has 0 aliphatic heterocycles. The molecule has 2 rings (SSSR count). The van der Waals surface area contributed by atoms with Gasteiger partial charge in [0.05, 0.1) is 4.90 Å². The van der Waals surface area contributed by atoms with E-state index in [1.807, 2.05) is 25.3 Å². The largest absolute Gasteiger partial charge is 0.313 e. The Bertz CT molecular complexity index is 561. The number of hydrogen-bond acceptors (Lipinski definition) is 4. The highest BCUT2D eigenvalue weighted by Crippen LogP contribution is 2.29. The van der Waals surface area contributed by atoms with Crippen molar-refractivity contribution in [2.45, 2.75) is 48.9 Å². The number of benzene rings is 1. The molecule has 0 aromatic heterocycles. The summed E-state index contributed by atoms with van der Waals surface area (Å²) in [6.45, 7) is 3.59. The Kier molecular flexibility index (Phi) is 6.10. The van der Waals surface area contributed by atoms with Crippen LogP contribution < -0.4 is 10.0 Å². The molecule has 0 heterocycles. The molecule has 1 aliphatic rings. The molecule has 1 aromatic carbocycles. The van der Waals surface area contributed by atoms with Crippen LogP contribution in [-0.2, 0) is 16.6 Å². The van der Waals surface area contributed by atoms with Crippen molar-refractivity contribution in [3.8, 4) is 0 Å². The van der Waals surface area contributed by atoms with E-state index in [4.69, 9.17) is 0 Å². The number of rotatable bonds is 7. The van der Waals surface area contributed by atoms with Crippen LogP contribution in [0.15, 0.2) is 29.2 Å². The van der Waals surface area contributed by atoms with Gasteiger partial charge in [-0.3, -0.25) is 0 Å². The summed E-state index contributed by atoms with van der Waals surface area (Å²) in [6, 6.07) is 7.24. The maximum absolute atomic E-state index is 12.5. The third kappa shape index (κ3) is 4.45. The molecule has 0 bridgehead atoms. The fourth-order valence-electron chi connectivity index (χ4n) is 2.70. The SMILES string of the molecule is CCNCc1cccc(S(=O)(=O)NC2CCCC2SC)c1. The van der Waals surface area contributed by atoms with Crippen LogP contribution in [0.1, 0.15) is 31.7 Å². The van der Waals surface area contributed by atoms with E-state index < -0.39 is 10.0 Å². The fourth-order valence-corrected chi connectivity index (χ4v) is 5.10. The average molecular weight is 329 g/mol. The van der Waals surface area contributed by atoms with Crippen molar-refractivity contribution in [3.05, 3.63) is 29.8 Å². The van der Waals surface area contributed by atoms with Gasteiger partial charge in [-0.25, -0.2) is 13.1 Å². The molecule has 4 nitrogen and oxygen atoms in total. The summed E-state index contributed by atoms with van der Waals surface area (Å²) < 4.78 is 28.0. The lowest BCUT2D eigenvalue weighted by Gasteiger charge is -2.19. The monoisotopic (exact) mass is 328 g/mol. The minimum absolute atomic E-state index is 0.0578. The summed E-state index contributed by atoms with van der Waals surface area (Å²) in [5.74, 6) is 0. The molecule has 2 atom stereocenters. The van der Waals surface area contributed by atoms with Crippen molar-refractivity contribution in [3.63, 3.8) is 0 Å². The lowest BCUT2D eigenvalue weighted by molar-refractivity contribution is 0.555. The molecule has 0 spiro atoms. The van der Waals surface area contributed by atoms with Crippen LogP contribution in [0, 0.1) is 0 Å². The van der Waals surface area contributed by atoms with E-state index in [-0.39, 0.29) is 6.04 Å². The number of thioether (sulfide) groups is 1. The Morgan fingerprint density at radius 3 is 2.86 bits per heavy atom.